The molecule has 0 aliphatic carbocycles. The van der Waals surface area contributed by atoms with E-state index in [1.165, 1.54) is 18.2 Å². The van der Waals surface area contributed by atoms with Gasteiger partial charge in [-0.2, -0.15) is 18.3 Å². The molecule has 1 aromatic carbocycles. The molecule has 2 aromatic heterocycles. The molecule has 0 amide bonds. The van der Waals surface area contributed by atoms with Crippen molar-refractivity contribution in [1.29, 1.82) is 0 Å². The van der Waals surface area contributed by atoms with Gasteiger partial charge in [0, 0.05) is 12.3 Å². The van der Waals surface area contributed by atoms with E-state index < -0.39 is 11.7 Å². The lowest BCUT2D eigenvalue weighted by molar-refractivity contribution is -0.137. The van der Waals surface area contributed by atoms with Crippen LogP contribution in [0.25, 0.3) is 11.4 Å². The highest BCUT2D eigenvalue weighted by Gasteiger charge is 2.30. The highest BCUT2D eigenvalue weighted by atomic mass is 19.4. The van der Waals surface area contributed by atoms with Gasteiger partial charge in [-0.1, -0.05) is 12.1 Å². The Bertz CT molecular complexity index is 942. The Kier molecular flexibility index (Phi) is 4.20. The minimum atomic E-state index is -4.36. The van der Waals surface area contributed by atoms with Gasteiger partial charge < -0.3 is 4.98 Å². The van der Waals surface area contributed by atoms with Crippen LogP contribution in [0.5, 0.6) is 0 Å². The molecule has 0 spiro atoms. The molecular weight excluding hydrogens is 333 g/mol. The van der Waals surface area contributed by atoms with E-state index >= 15 is 0 Å². The van der Waals surface area contributed by atoms with E-state index in [9.17, 15) is 18.0 Å². The number of halogens is 3. The van der Waals surface area contributed by atoms with Crippen LogP contribution in [0, 0.1) is 6.92 Å². The number of H-pyrrole nitrogens is 1. The Balaban J connectivity index is 1.87. The molecule has 0 bridgehead atoms. The number of hydrogen-bond acceptors (Lipinski definition) is 3. The number of rotatable bonds is 3. The summed E-state index contributed by atoms with van der Waals surface area (Å²) < 4.78 is 39.6. The smallest absolute Gasteiger partial charge is 0.311 e. The third-order valence-electron chi connectivity index (χ3n) is 3.85. The summed E-state index contributed by atoms with van der Waals surface area (Å²) in [6.07, 6.45) is -2.65. The lowest BCUT2D eigenvalue weighted by atomic mass is 10.1. The maximum absolute atomic E-state index is 12.6. The monoisotopic (exact) mass is 348 g/mol. The Morgan fingerprint density at radius 1 is 1.12 bits per heavy atom. The van der Waals surface area contributed by atoms with Crippen LogP contribution >= 0.6 is 0 Å². The number of aromatic nitrogens is 4. The molecular formula is C17H15F3N4O. The van der Waals surface area contributed by atoms with Crippen LogP contribution < -0.4 is 5.56 Å². The zero-order chi connectivity index (χ0) is 18.2. The molecule has 25 heavy (non-hydrogen) atoms. The minimum absolute atomic E-state index is 0.265. The van der Waals surface area contributed by atoms with E-state index in [0.29, 0.717) is 22.8 Å². The van der Waals surface area contributed by atoms with Crippen molar-refractivity contribution in [2.75, 3.05) is 0 Å². The minimum Gasteiger partial charge on any atom is -0.311 e. The molecule has 0 radical (unpaired) electrons. The summed E-state index contributed by atoms with van der Waals surface area (Å²) in [6, 6.07) is 7.77. The highest BCUT2D eigenvalue weighted by Crippen LogP contribution is 2.30. The first-order valence-corrected chi connectivity index (χ1v) is 7.55. The fourth-order valence-electron chi connectivity index (χ4n) is 2.50. The third kappa shape index (κ3) is 3.62. The Hall–Kier alpha value is -2.90. The molecule has 0 saturated carbocycles. The number of aryl methyl sites for hydroxylation is 1. The number of alkyl halides is 3. The fourth-order valence-corrected chi connectivity index (χ4v) is 2.50. The van der Waals surface area contributed by atoms with Crippen molar-refractivity contribution in [3.05, 3.63) is 69.9 Å². The molecule has 0 aliphatic heterocycles. The van der Waals surface area contributed by atoms with E-state index in [1.54, 1.807) is 23.9 Å². The van der Waals surface area contributed by atoms with E-state index in [1.807, 2.05) is 6.92 Å². The summed E-state index contributed by atoms with van der Waals surface area (Å²) in [7, 11) is 0. The van der Waals surface area contributed by atoms with Crippen molar-refractivity contribution in [2.24, 2.45) is 0 Å². The van der Waals surface area contributed by atoms with Crippen LogP contribution in [-0.4, -0.2) is 19.7 Å². The maximum Gasteiger partial charge on any atom is 0.416 e. The van der Waals surface area contributed by atoms with Crippen LogP contribution in [0.1, 0.15) is 29.9 Å². The van der Waals surface area contributed by atoms with E-state index in [4.69, 9.17) is 0 Å². The Labute approximate surface area is 141 Å². The van der Waals surface area contributed by atoms with Gasteiger partial charge in [0.05, 0.1) is 17.3 Å². The number of nitrogens with zero attached hydrogens (tertiary/aromatic N) is 3. The van der Waals surface area contributed by atoms with Crippen molar-refractivity contribution < 1.29 is 13.2 Å². The van der Waals surface area contributed by atoms with Gasteiger partial charge in [-0.05, 0) is 37.6 Å². The second-order valence-corrected chi connectivity index (χ2v) is 5.69. The first-order valence-electron chi connectivity index (χ1n) is 7.55. The lowest BCUT2D eigenvalue weighted by Gasteiger charge is -2.14. The van der Waals surface area contributed by atoms with Crippen LogP contribution in [0.15, 0.2) is 47.4 Å². The van der Waals surface area contributed by atoms with Crippen LogP contribution in [0.4, 0.5) is 13.2 Å². The molecule has 1 atom stereocenters. The van der Waals surface area contributed by atoms with Crippen molar-refractivity contribution in [1.82, 2.24) is 19.7 Å². The molecule has 1 unspecified atom stereocenters. The second-order valence-electron chi connectivity index (χ2n) is 5.69. The van der Waals surface area contributed by atoms with Gasteiger partial charge in [-0.15, -0.1) is 0 Å². The Morgan fingerprint density at radius 3 is 2.40 bits per heavy atom. The van der Waals surface area contributed by atoms with Crippen molar-refractivity contribution in [3.63, 3.8) is 0 Å². The van der Waals surface area contributed by atoms with Crippen molar-refractivity contribution in [3.8, 4) is 11.4 Å². The number of nitrogens with one attached hydrogen (secondary N) is 1. The number of hydrogen-bond donors (Lipinski definition) is 1. The summed E-state index contributed by atoms with van der Waals surface area (Å²) in [5, 5.41) is 4.39. The van der Waals surface area contributed by atoms with Crippen LogP contribution in [0.3, 0.4) is 0 Å². The zero-order valence-electron chi connectivity index (χ0n) is 13.5. The van der Waals surface area contributed by atoms with Gasteiger partial charge in [0.1, 0.15) is 11.5 Å². The first-order chi connectivity index (χ1) is 11.7. The van der Waals surface area contributed by atoms with E-state index in [0.717, 1.165) is 12.1 Å². The summed E-state index contributed by atoms with van der Waals surface area (Å²) in [6.45, 7) is 3.50. The van der Waals surface area contributed by atoms with Crippen molar-refractivity contribution >= 4 is 0 Å². The molecule has 3 aromatic rings. The quantitative estimate of drug-likeness (QED) is 0.787. The normalized spacial score (nSPS) is 13.0. The van der Waals surface area contributed by atoms with E-state index in [2.05, 4.69) is 15.1 Å². The topological polar surface area (TPSA) is 63.6 Å². The molecule has 2 heterocycles. The molecule has 0 aliphatic rings. The summed E-state index contributed by atoms with van der Waals surface area (Å²) >= 11 is 0. The van der Waals surface area contributed by atoms with Gasteiger partial charge >= 0.3 is 6.18 Å². The van der Waals surface area contributed by atoms with E-state index in [-0.39, 0.29) is 11.6 Å². The predicted molar refractivity (Wildman–Crippen MR) is 86.1 cm³/mol. The predicted octanol–water partition coefficient (Wildman–Crippen LogP) is 3.57. The largest absolute Gasteiger partial charge is 0.416 e. The summed E-state index contributed by atoms with van der Waals surface area (Å²) in [4.78, 5) is 18.3. The first kappa shape index (κ1) is 16.9. The zero-order valence-corrected chi connectivity index (χ0v) is 13.5. The molecule has 8 heteroatoms. The molecule has 5 nitrogen and oxygen atoms in total. The Morgan fingerprint density at radius 2 is 1.80 bits per heavy atom. The maximum atomic E-state index is 12.6. The fraction of sp³-hybridized carbons (Fsp3) is 0.235. The van der Waals surface area contributed by atoms with Gasteiger partial charge in [0.2, 0.25) is 0 Å². The molecule has 3 rings (SSSR count). The van der Waals surface area contributed by atoms with Crippen LogP contribution in [-0.2, 0) is 6.18 Å². The average molecular weight is 348 g/mol. The van der Waals surface area contributed by atoms with Crippen molar-refractivity contribution in [2.45, 2.75) is 26.1 Å². The lowest BCUT2D eigenvalue weighted by Crippen LogP contribution is -2.10. The highest BCUT2D eigenvalue weighted by molar-refractivity contribution is 5.52. The standard InChI is InChI=1S/C17H15F3N4O/c1-10(12-3-5-13(6-4-12)17(18,19)20)24-8-7-14(23-24)15-9-16(25)22-11(2)21-15/h3-10H,1-2H3,(H,21,22,25). The molecule has 0 saturated heterocycles. The van der Waals surface area contributed by atoms with Crippen LogP contribution in [0.2, 0.25) is 0 Å². The van der Waals surface area contributed by atoms with Gasteiger partial charge in [0.15, 0.2) is 0 Å². The number of benzene rings is 1. The average Bonchev–Trinajstić information content (AvgIpc) is 3.02. The summed E-state index contributed by atoms with van der Waals surface area (Å²) in [5.74, 6) is 0.479. The van der Waals surface area contributed by atoms with Gasteiger partial charge in [0.25, 0.3) is 5.56 Å². The molecule has 130 valence electrons. The molecule has 0 fully saturated rings. The SMILES string of the molecule is Cc1nc(-c2ccn(C(C)c3ccc(C(F)(F)F)cc3)n2)cc(=O)[nH]1. The second kappa shape index (κ2) is 6.19. The van der Waals surface area contributed by atoms with Gasteiger partial charge in [-0.3, -0.25) is 9.48 Å². The van der Waals surface area contributed by atoms with Gasteiger partial charge in [-0.25, -0.2) is 4.98 Å². The third-order valence-corrected chi connectivity index (χ3v) is 3.85. The number of aromatic amines is 1. The summed E-state index contributed by atoms with van der Waals surface area (Å²) in [5.41, 5.74) is 0.700. The molecule has 1 N–H and O–H groups in total.